The molecule has 32 heavy (non-hydrogen) atoms. The van der Waals surface area contributed by atoms with Gasteiger partial charge in [0.2, 0.25) is 0 Å². The average Bonchev–Trinajstić information content (AvgIpc) is 2.79. The summed E-state index contributed by atoms with van der Waals surface area (Å²) in [6.45, 7) is 7.22. The van der Waals surface area contributed by atoms with Crippen molar-refractivity contribution >= 4 is 11.7 Å². The lowest BCUT2D eigenvalue weighted by Gasteiger charge is -2.27. The Labute approximate surface area is 188 Å². The van der Waals surface area contributed by atoms with E-state index in [1.807, 2.05) is 0 Å². The molecular formula is C25H31FN2O4. The Morgan fingerprint density at radius 2 is 1.84 bits per heavy atom. The second kappa shape index (κ2) is 11.5. The first-order chi connectivity index (χ1) is 15.5. The smallest absolute Gasteiger partial charge is 0.319 e. The summed E-state index contributed by atoms with van der Waals surface area (Å²) in [5.41, 5.74) is 2.03. The van der Waals surface area contributed by atoms with Gasteiger partial charge in [0, 0.05) is 5.69 Å². The Morgan fingerprint density at radius 1 is 1.12 bits per heavy atom. The van der Waals surface area contributed by atoms with Crippen molar-refractivity contribution < 1.29 is 23.8 Å². The minimum Gasteiger partial charge on any atom is -0.486 e. The predicted octanol–water partition coefficient (Wildman–Crippen LogP) is 5.35. The van der Waals surface area contributed by atoms with Crippen molar-refractivity contribution in [3.05, 3.63) is 66.0 Å². The molecule has 0 bridgehead atoms. The van der Waals surface area contributed by atoms with Gasteiger partial charge in [-0.05, 0) is 61.2 Å². The van der Waals surface area contributed by atoms with Gasteiger partial charge in [0.05, 0.1) is 12.1 Å². The highest BCUT2D eigenvalue weighted by atomic mass is 19.1. The first-order valence-corrected chi connectivity index (χ1v) is 11.0. The van der Waals surface area contributed by atoms with Crippen LogP contribution in [0.2, 0.25) is 0 Å². The zero-order chi connectivity index (χ0) is 22.9. The van der Waals surface area contributed by atoms with Crippen LogP contribution in [0.25, 0.3) is 0 Å². The Morgan fingerprint density at radius 3 is 2.56 bits per heavy atom. The van der Waals surface area contributed by atoms with Gasteiger partial charge in [-0.15, -0.1) is 0 Å². The zero-order valence-corrected chi connectivity index (χ0v) is 18.4. The van der Waals surface area contributed by atoms with Crippen LogP contribution in [0.1, 0.15) is 50.7 Å². The van der Waals surface area contributed by atoms with Crippen LogP contribution in [-0.4, -0.2) is 30.4 Å². The van der Waals surface area contributed by atoms with Crippen molar-refractivity contribution in [2.75, 3.05) is 18.5 Å². The fraction of sp³-hybridized carbons (Fsp3) is 0.400. The van der Waals surface area contributed by atoms with Crippen LogP contribution in [0.15, 0.2) is 54.6 Å². The molecule has 2 atom stereocenters. The van der Waals surface area contributed by atoms with Gasteiger partial charge in [-0.3, -0.25) is 0 Å². The number of rotatable bonds is 10. The summed E-state index contributed by atoms with van der Waals surface area (Å²) in [6, 6.07) is 9.68. The minimum atomic E-state index is -0.979. The number of aliphatic hydroxyl groups excluding tert-OH is 1. The van der Waals surface area contributed by atoms with Crippen LogP contribution in [-0.2, 0) is 0 Å². The van der Waals surface area contributed by atoms with Gasteiger partial charge in [-0.25, -0.2) is 9.18 Å². The molecule has 7 heteroatoms. The highest BCUT2D eigenvalue weighted by Crippen LogP contribution is 2.34. The highest BCUT2D eigenvalue weighted by Gasteiger charge is 2.25. The van der Waals surface area contributed by atoms with E-state index in [-0.39, 0.29) is 5.82 Å². The molecule has 6 nitrogen and oxygen atoms in total. The van der Waals surface area contributed by atoms with E-state index in [0.29, 0.717) is 42.4 Å². The monoisotopic (exact) mass is 442 g/mol. The number of fused-ring (bicyclic) bond motifs is 1. The number of unbranched alkanes of at least 4 members (excludes halogenated alkanes) is 2. The third-order valence-electron chi connectivity index (χ3n) is 5.35. The third kappa shape index (κ3) is 6.72. The fourth-order valence-electron chi connectivity index (χ4n) is 3.62. The number of nitrogens with one attached hydrogen (secondary N) is 2. The van der Waals surface area contributed by atoms with E-state index in [1.165, 1.54) is 24.3 Å². The number of hydrogen-bond donors (Lipinski definition) is 3. The molecule has 2 aromatic rings. The van der Waals surface area contributed by atoms with Crippen molar-refractivity contribution in [1.29, 1.82) is 0 Å². The number of anilines is 1. The highest BCUT2D eigenvalue weighted by molar-refractivity contribution is 5.89. The lowest BCUT2D eigenvalue weighted by atomic mass is 9.94. The molecule has 2 unspecified atom stereocenters. The van der Waals surface area contributed by atoms with Crippen LogP contribution < -0.4 is 20.1 Å². The summed E-state index contributed by atoms with van der Waals surface area (Å²) in [5.74, 6) is 0.824. The van der Waals surface area contributed by atoms with E-state index in [0.717, 1.165) is 31.3 Å². The Hall–Kier alpha value is -3.06. The first-order valence-electron chi connectivity index (χ1n) is 11.0. The standard InChI is InChI=1S/C25H31FN2O4/c1-3-4-5-6-17(2)15-21(28-25(30)27-20-10-8-19(26)9-11-20)24(29)18-7-12-22-23(16-18)32-14-13-31-22/h7-12,16,21,24,29H,2-6,13-15H2,1H3,(H2,27,28,30). The first kappa shape index (κ1) is 23.6. The second-order valence-corrected chi connectivity index (χ2v) is 7.97. The van der Waals surface area contributed by atoms with Crippen LogP contribution in [0.5, 0.6) is 11.5 Å². The number of aliphatic hydroxyl groups is 1. The summed E-state index contributed by atoms with van der Waals surface area (Å²) < 4.78 is 24.3. The fourth-order valence-corrected chi connectivity index (χ4v) is 3.62. The lowest BCUT2D eigenvalue weighted by Crippen LogP contribution is -2.42. The molecular weight excluding hydrogens is 411 g/mol. The third-order valence-corrected chi connectivity index (χ3v) is 5.35. The van der Waals surface area contributed by atoms with Crippen LogP contribution in [0.4, 0.5) is 14.9 Å². The zero-order valence-electron chi connectivity index (χ0n) is 18.4. The largest absolute Gasteiger partial charge is 0.486 e. The number of halogens is 1. The number of hydrogen-bond acceptors (Lipinski definition) is 4. The summed E-state index contributed by atoms with van der Waals surface area (Å²) >= 11 is 0. The minimum absolute atomic E-state index is 0.383. The molecule has 2 amide bonds. The number of amides is 2. The molecule has 2 aromatic carbocycles. The average molecular weight is 443 g/mol. The Balaban J connectivity index is 1.72. The maximum absolute atomic E-state index is 13.1. The van der Waals surface area contributed by atoms with Gasteiger partial charge in [-0.2, -0.15) is 0 Å². The van der Waals surface area contributed by atoms with E-state index >= 15 is 0 Å². The predicted molar refractivity (Wildman–Crippen MR) is 123 cm³/mol. The number of carbonyl (C=O) groups excluding carboxylic acids is 1. The van der Waals surface area contributed by atoms with Gasteiger partial charge in [0.15, 0.2) is 11.5 Å². The maximum atomic E-state index is 13.1. The van der Waals surface area contributed by atoms with Crippen molar-refractivity contribution in [3.63, 3.8) is 0 Å². The summed E-state index contributed by atoms with van der Waals surface area (Å²) in [6.07, 6.45) is 3.51. The molecule has 0 aliphatic carbocycles. The van der Waals surface area contributed by atoms with E-state index in [2.05, 4.69) is 24.1 Å². The molecule has 3 rings (SSSR count). The number of ether oxygens (including phenoxy) is 2. The summed E-state index contributed by atoms with van der Waals surface area (Å²) in [4.78, 5) is 12.6. The number of benzene rings is 2. The molecule has 0 spiro atoms. The van der Waals surface area contributed by atoms with Gasteiger partial charge in [0.25, 0.3) is 0 Å². The normalized spacial score (nSPS) is 14.3. The molecule has 1 aliphatic heterocycles. The van der Waals surface area contributed by atoms with E-state index in [4.69, 9.17) is 9.47 Å². The molecule has 0 aromatic heterocycles. The number of carbonyl (C=O) groups is 1. The summed E-state index contributed by atoms with van der Waals surface area (Å²) in [7, 11) is 0. The number of urea groups is 1. The molecule has 3 N–H and O–H groups in total. The Kier molecular flexibility index (Phi) is 8.50. The van der Waals surface area contributed by atoms with Crippen LogP contribution in [0, 0.1) is 5.82 Å². The topological polar surface area (TPSA) is 79.8 Å². The molecule has 172 valence electrons. The van der Waals surface area contributed by atoms with Crippen molar-refractivity contribution in [2.24, 2.45) is 0 Å². The molecule has 0 saturated heterocycles. The molecule has 0 saturated carbocycles. The maximum Gasteiger partial charge on any atom is 0.319 e. The van der Waals surface area contributed by atoms with Gasteiger partial charge < -0.3 is 25.2 Å². The summed E-state index contributed by atoms with van der Waals surface area (Å²) in [5, 5.41) is 16.7. The lowest BCUT2D eigenvalue weighted by molar-refractivity contribution is 0.129. The molecule has 1 aliphatic rings. The van der Waals surface area contributed by atoms with Crippen molar-refractivity contribution in [2.45, 2.75) is 51.2 Å². The van der Waals surface area contributed by atoms with Gasteiger partial charge in [0.1, 0.15) is 19.0 Å². The Bertz CT molecular complexity index is 917. The quantitative estimate of drug-likeness (QED) is 0.342. The van der Waals surface area contributed by atoms with Crippen LogP contribution in [0.3, 0.4) is 0 Å². The molecule has 1 heterocycles. The van der Waals surface area contributed by atoms with Crippen molar-refractivity contribution in [3.8, 4) is 11.5 Å². The van der Waals surface area contributed by atoms with Gasteiger partial charge in [-0.1, -0.05) is 38.0 Å². The SMILES string of the molecule is C=C(CCCCC)CC(NC(=O)Nc1ccc(F)cc1)C(O)c1ccc2c(c1)OCCO2. The van der Waals surface area contributed by atoms with E-state index in [9.17, 15) is 14.3 Å². The van der Waals surface area contributed by atoms with E-state index in [1.54, 1.807) is 18.2 Å². The molecule has 0 fully saturated rings. The second-order valence-electron chi connectivity index (χ2n) is 7.97. The van der Waals surface area contributed by atoms with E-state index < -0.39 is 18.2 Å². The van der Waals surface area contributed by atoms with Crippen LogP contribution >= 0.6 is 0 Å². The molecule has 0 radical (unpaired) electrons. The van der Waals surface area contributed by atoms with Gasteiger partial charge >= 0.3 is 6.03 Å². The van der Waals surface area contributed by atoms with Crippen molar-refractivity contribution in [1.82, 2.24) is 5.32 Å².